The summed E-state index contributed by atoms with van der Waals surface area (Å²) in [5.74, 6) is 3.43. The Morgan fingerprint density at radius 2 is 2.00 bits per heavy atom. The number of hydrogen-bond donors (Lipinski definition) is 2. The van der Waals surface area contributed by atoms with Crippen LogP contribution in [-0.4, -0.2) is 19.7 Å². The largest absolute Gasteiger partial charge is 0.497 e. The van der Waals surface area contributed by atoms with E-state index in [1.54, 1.807) is 7.11 Å². The first-order chi connectivity index (χ1) is 9.08. The Hall–Kier alpha value is -2.15. The van der Waals surface area contributed by atoms with E-state index in [0.717, 1.165) is 11.3 Å². The molecule has 1 aromatic carbocycles. The molecule has 1 atom stereocenters. The molecule has 0 aliphatic rings. The second-order valence-electron chi connectivity index (χ2n) is 4.53. The van der Waals surface area contributed by atoms with Crippen LogP contribution in [0, 0.1) is 18.3 Å². The van der Waals surface area contributed by atoms with Crippen LogP contribution in [0.3, 0.4) is 0 Å². The highest BCUT2D eigenvalue weighted by atomic mass is 16.5. The van der Waals surface area contributed by atoms with Gasteiger partial charge in [0.25, 0.3) is 0 Å². The van der Waals surface area contributed by atoms with E-state index in [-0.39, 0.29) is 24.5 Å². The maximum atomic E-state index is 11.7. The Bertz CT molecular complexity index is 446. The lowest BCUT2D eigenvalue weighted by Gasteiger charge is -2.23. The average Bonchev–Trinajstić information content (AvgIpc) is 2.42. The lowest BCUT2D eigenvalue weighted by atomic mass is 9.96. The number of ether oxygens (including phenoxy) is 1. The second-order valence-corrected chi connectivity index (χ2v) is 4.53. The van der Waals surface area contributed by atoms with E-state index in [0.29, 0.717) is 0 Å². The molecule has 19 heavy (non-hydrogen) atoms. The van der Waals surface area contributed by atoms with Crippen LogP contribution in [0.1, 0.15) is 25.5 Å². The first-order valence-electron chi connectivity index (χ1n) is 6.20. The number of amides is 2. The fourth-order valence-electron chi connectivity index (χ4n) is 1.77. The summed E-state index contributed by atoms with van der Waals surface area (Å²) >= 11 is 0. The Labute approximate surface area is 114 Å². The van der Waals surface area contributed by atoms with E-state index in [2.05, 4.69) is 30.4 Å². The highest BCUT2D eigenvalue weighted by molar-refractivity contribution is 5.74. The van der Waals surface area contributed by atoms with Crippen LogP contribution in [0.25, 0.3) is 0 Å². The summed E-state index contributed by atoms with van der Waals surface area (Å²) in [5, 5.41) is 5.52. The van der Waals surface area contributed by atoms with E-state index in [1.165, 1.54) is 0 Å². The van der Waals surface area contributed by atoms with Gasteiger partial charge < -0.3 is 15.4 Å². The van der Waals surface area contributed by atoms with Crippen LogP contribution in [-0.2, 0) is 0 Å². The smallest absolute Gasteiger partial charge is 0.316 e. The SMILES string of the molecule is C#CCNC(=O)N[C@@H](c1ccc(OC)cc1)C(C)C. The third-order valence-corrected chi connectivity index (χ3v) is 2.78. The lowest BCUT2D eigenvalue weighted by Crippen LogP contribution is -2.39. The van der Waals surface area contributed by atoms with Gasteiger partial charge >= 0.3 is 6.03 Å². The minimum Gasteiger partial charge on any atom is -0.497 e. The van der Waals surface area contributed by atoms with Crippen LogP contribution >= 0.6 is 0 Å². The van der Waals surface area contributed by atoms with Crippen molar-refractivity contribution in [1.82, 2.24) is 10.6 Å². The molecule has 2 N–H and O–H groups in total. The predicted molar refractivity (Wildman–Crippen MR) is 75.9 cm³/mol. The van der Waals surface area contributed by atoms with Crippen molar-refractivity contribution in [2.75, 3.05) is 13.7 Å². The molecule has 2 amide bonds. The van der Waals surface area contributed by atoms with Crippen molar-refractivity contribution in [2.24, 2.45) is 5.92 Å². The minimum atomic E-state index is -0.257. The zero-order valence-electron chi connectivity index (χ0n) is 11.6. The summed E-state index contributed by atoms with van der Waals surface area (Å²) in [6.07, 6.45) is 5.10. The first-order valence-corrected chi connectivity index (χ1v) is 6.20. The Kier molecular flexibility index (Phi) is 5.74. The number of rotatable bonds is 5. The fourth-order valence-corrected chi connectivity index (χ4v) is 1.77. The molecule has 0 aliphatic heterocycles. The Morgan fingerprint density at radius 1 is 1.37 bits per heavy atom. The molecule has 0 aliphatic carbocycles. The monoisotopic (exact) mass is 260 g/mol. The van der Waals surface area contributed by atoms with Gasteiger partial charge in [-0.2, -0.15) is 0 Å². The molecule has 0 radical (unpaired) electrons. The summed E-state index contributed by atoms with van der Waals surface area (Å²) in [6, 6.07) is 7.34. The van der Waals surface area contributed by atoms with E-state index in [4.69, 9.17) is 11.2 Å². The van der Waals surface area contributed by atoms with Gasteiger partial charge in [-0.05, 0) is 23.6 Å². The van der Waals surface area contributed by atoms with E-state index in [9.17, 15) is 4.79 Å². The standard InChI is InChI=1S/C15H20N2O2/c1-5-10-16-15(18)17-14(11(2)3)12-6-8-13(19-4)9-7-12/h1,6-9,11,14H,10H2,2-4H3,(H2,16,17,18)/t14-/m1/s1. The Balaban J connectivity index is 2.76. The number of terminal acetylenes is 1. The molecule has 4 heteroatoms. The van der Waals surface area contributed by atoms with Gasteiger partial charge in [0.15, 0.2) is 0 Å². The number of carbonyl (C=O) groups excluding carboxylic acids is 1. The van der Waals surface area contributed by atoms with Crippen molar-refractivity contribution in [2.45, 2.75) is 19.9 Å². The fraction of sp³-hybridized carbons (Fsp3) is 0.400. The van der Waals surface area contributed by atoms with Crippen LogP contribution in [0.5, 0.6) is 5.75 Å². The summed E-state index contributed by atoms with van der Waals surface area (Å²) in [6.45, 7) is 4.33. The third kappa shape index (κ3) is 4.55. The highest BCUT2D eigenvalue weighted by Gasteiger charge is 2.17. The van der Waals surface area contributed by atoms with Gasteiger partial charge in [-0.3, -0.25) is 0 Å². The van der Waals surface area contributed by atoms with E-state index in [1.807, 2.05) is 24.3 Å². The number of carbonyl (C=O) groups is 1. The van der Waals surface area contributed by atoms with Gasteiger partial charge in [-0.1, -0.05) is 31.9 Å². The summed E-state index contributed by atoms with van der Waals surface area (Å²) in [5.41, 5.74) is 1.03. The maximum Gasteiger partial charge on any atom is 0.316 e. The van der Waals surface area contributed by atoms with Crippen molar-refractivity contribution in [3.63, 3.8) is 0 Å². The molecule has 102 valence electrons. The molecule has 0 unspecified atom stereocenters. The summed E-state index contributed by atoms with van der Waals surface area (Å²) in [7, 11) is 1.63. The number of urea groups is 1. The molecule has 0 bridgehead atoms. The summed E-state index contributed by atoms with van der Waals surface area (Å²) in [4.78, 5) is 11.7. The van der Waals surface area contributed by atoms with Crippen LogP contribution in [0.15, 0.2) is 24.3 Å². The van der Waals surface area contributed by atoms with Gasteiger partial charge in [-0.25, -0.2) is 4.79 Å². The molecule has 0 spiro atoms. The molecule has 0 fully saturated rings. The molecule has 0 aromatic heterocycles. The number of nitrogens with one attached hydrogen (secondary N) is 2. The number of benzene rings is 1. The van der Waals surface area contributed by atoms with Crippen molar-refractivity contribution >= 4 is 6.03 Å². The Morgan fingerprint density at radius 3 is 2.47 bits per heavy atom. The van der Waals surface area contributed by atoms with Crippen LogP contribution in [0.2, 0.25) is 0 Å². The maximum absolute atomic E-state index is 11.7. The van der Waals surface area contributed by atoms with Crippen LogP contribution < -0.4 is 15.4 Å². The van der Waals surface area contributed by atoms with E-state index < -0.39 is 0 Å². The van der Waals surface area contributed by atoms with E-state index >= 15 is 0 Å². The third-order valence-electron chi connectivity index (χ3n) is 2.78. The topological polar surface area (TPSA) is 50.4 Å². The molecular formula is C15H20N2O2. The second kappa shape index (κ2) is 7.32. The first kappa shape index (κ1) is 14.9. The van der Waals surface area contributed by atoms with Crippen molar-refractivity contribution in [3.8, 4) is 18.1 Å². The molecular weight excluding hydrogens is 240 g/mol. The zero-order valence-corrected chi connectivity index (χ0v) is 11.6. The molecule has 1 rings (SSSR count). The molecule has 0 saturated heterocycles. The molecule has 1 aromatic rings. The molecule has 0 saturated carbocycles. The van der Waals surface area contributed by atoms with Gasteiger partial charge in [-0.15, -0.1) is 6.42 Å². The summed E-state index contributed by atoms with van der Waals surface area (Å²) < 4.78 is 5.12. The van der Waals surface area contributed by atoms with Crippen LogP contribution in [0.4, 0.5) is 4.79 Å². The van der Waals surface area contributed by atoms with Crippen molar-refractivity contribution in [3.05, 3.63) is 29.8 Å². The van der Waals surface area contributed by atoms with Crippen molar-refractivity contribution in [1.29, 1.82) is 0 Å². The van der Waals surface area contributed by atoms with Gasteiger partial charge in [0.2, 0.25) is 0 Å². The number of hydrogen-bond acceptors (Lipinski definition) is 2. The minimum absolute atomic E-state index is 0.0660. The molecule has 4 nitrogen and oxygen atoms in total. The van der Waals surface area contributed by atoms with Gasteiger partial charge in [0, 0.05) is 0 Å². The lowest BCUT2D eigenvalue weighted by molar-refractivity contribution is 0.234. The van der Waals surface area contributed by atoms with Gasteiger partial charge in [0.05, 0.1) is 19.7 Å². The predicted octanol–water partition coefficient (Wildman–Crippen LogP) is 2.32. The average molecular weight is 260 g/mol. The quantitative estimate of drug-likeness (QED) is 0.798. The molecule has 0 heterocycles. The number of methoxy groups -OCH3 is 1. The van der Waals surface area contributed by atoms with Gasteiger partial charge in [0.1, 0.15) is 5.75 Å². The highest BCUT2D eigenvalue weighted by Crippen LogP contribution is 2.23. The normalized spacial score (nSPS) is 11.5. The van der Waals surface area contributed by atoms with Crippen molar-refractivity contribution < 1.29 is 9.53 Å². The zero-order chi connectivity index (χ0) is 14.3.